The third-order valence-corrected chi connectivity index (χ3v) is 4.40. The summed E-state index contributed by atoms with van der Waals surface area (Å²) in [6.07, 6.45) is 3.98. The van der Waals surface area contributed by atoms with E-state index in [0.717, 1.165) is 44.2 Å². The molecule has 4 nitrogen and oxygen atoms in total. The van der Waals surface area contributed by atoms with Gasteiger partial charge in [0.15, 0.2) is 5.13 Å². The summed E-state index contributed by atoms with van der Waals surface area (Å²) in [5.41, 5.74) is 0. The van der Waals surface area contributed by atoms with Crippen molar-refractivity contribution in [1.29, 1.82) is 0 Å². The van der Waals surface area contributed by atoms with Crippen LogP contribution < -0.4 is 5.32 Å². The number of hydrogen-bond donors (Lipinski definition) is 2. The minimum atomic E-state index is -0.177. The Bertz CT molecular complexity index is 369. The monoisotopic (exact) mass is 269 g/mol. The van der Waals surface area contributed by atoms with Gasteiger partial charge in [0.05, 0.1) is 6.10 Å². The van der Waals surface area contributed by atoms with Crippen LogP contribution in [0.15, 0.2) is 6.20 Å². The largest absolute Gasteiger partial charge is 0.392 e. The Hall–Kier alpha value is -0.650. The van der Waals surface area contributed by atoms with Crippen LogP contribution in [0.4, 0.5) is 5.13 Å². The molecule has 0 bridgehead atoms. The first-order chi connectivity index (χ1) is 8.69. The van der Waals surface area contributed by atoms with Gasteiger partial charge in [-0.15, -0.1) is 11.3 Å². The average molecular weight is 269 g/mol. The van der Waals surface area contributed by atoms with Gasteiger partial charge in [-0.3, -0.25) is 4.90 Å². The van der Waals surface area contributed by atoms with Crippen LogP contribution in [0.3, 0.4) is 0 Å². The van der Waals surface area contributed by atoms with Crippen molar-refractivity contribution in [3.05, 3.63) is 11.1 Å². The number of aromatic nitrogens is 1. The number of nitrogens with zero attached hydrogens (tertiary/aromatic N) is 2. The van der Waals surface area contributed by atoms with Gasteiger partial charge in [-0.2, -0.15) is 0 Å². The number of aliphatic hydroxyl groups excluding tert-OH is 1. The first-order valence-corrected chi connectivity index (χ1v) is 7.59. The van der Waals surface area contributed by atoms with Crippen LogP contribution in [0.5, 0.6) is 0 Å². The SMILES string of the molecule is CCCNc1ncc(CN2CCC(C)C(O)C2)s1. The van der Waals surface area contributed by atoms with Gasteiger partial charge in [0, 0.05) is 30.7 Å². The van der Waals surface area contributed by atoms with Gasteiger partial charge in [-0.25, -0.2) is 4.98 Å². The number of rotatable bonds is 5. The minimum absolute atomic E-state index is 0.177. The van der Waals surface area contributed by atoms with Crippen molar-refractivity contribution in [1.82, 2.24) is 9.88 Å². The molecule has 2 N–H and O–H groups in total. The average Bonchev–Trinajstić information content (AvgIpc) is 2.79. The molecular weight excluding hydrogens is 246 g/mol. The highest BCUT2D eigenvalue weighted by Crippen LogP contribution is 2.23. The Morgan fingerprint density at radius 3 is 3.17 bits per heavy atom. The van der Waals surface area contributed by atoms with Crippen LogP contribution >= 0.6 is 11.3 Å². The van der Waals surface area contributed by atoms with Crippen molar-refractivity contribution in [2.75, 3.05) is 25.0 Å². The number of β-amino-alcohol motifs (C(OH)–C–C–N with tert-alkyl or cyclic N) is 1. The molecule has 2 atom stereocenters. The summed E-state index contributed by atoms with van der Waals surface area (Å²) in [5.74, 6) is 0.435. The van der Waals surface area contributed by atoms with Crippen molar-refractivity contribution >= 4 is 16.5 Å². The summed E-state index contributed by atoms with van der Waals surface area (Å²) in [4.78, 5) is 7.97. The van der Waals surface area contributed by atoms with E-state index in [4.69, 9.17) is 0 Å². The molecule has 0 aliphatic carbocycles. The first-order valence-electron chi connectivity index (χ1n) is 6.78. The lowest BCUT2D eigenvalue weighted by molar-refractivity contribution is 0.0263. The summed E-state index contributed by atoms with van der Waals surface area (Å²) in [6.45, 7) is 8.03. The summed E-state index contributed by atoms with van der Waals surface area (Å²) in [7, 11) is 0. The van der Waals surface area contributed by atoms with Gasteiger partial charge in [-0.05, 0) is 25.3 Å². The van der Waals surface area contributed by atoms with Crippen molar-refractivity contribution in [3.63, 3.8) is 0 Å². The van der Waals surface area contributed by atoms with Gasteiger partial charge < -0.3 is 10.4 Å². The zero-order chi connectivity index (χ0) is 13.0. The zero-order valence-electron chi connectivity index (χ0n) is 11.2. The predicted octanol–water partition coefficient (Wildman–Crippen LogP) is 2.17. The lowest BCUT2D eigenvalue weighted by Gasteiger charge is -2.33. The Morgan fingerprint density at radius 2 is 2.44 bits per heavy atom. The van der Waals surface area contributed by atoms with E-state index >= 15 is 0 Å². The molecule has 1 aliphatic rings. The molecule has 0 aromatic carbocycles. The summed E-state index contributed by atoms with van der Waals surface area (Å²) in [6, 6.07) is 0. The van der Waals surface area contributed by atoms with Crippen LogP contribution in [0.1, 0.15) is 31.6 Å². The highest BCUT2D eigenvalue weighted by molar-refractivity contribution is 7.15. The molecule has 0 spiro atoms. The number of piperidine rings is 1. The van der Waals surface area contributed by atoms with E-state index in [1.165, 1.54) is 4.88 Å². The third kappa shape index (κ3) is 3.67. The standard InChI is InChI=1S/C13H23N3OS/c1-3-5-14-13-15-7-11(18-13)8-16-6-4-10(2)12(17)9-16/h7,10,12,17H,3-6,8-9H2,1-2H3,(H,14,15). The predicted molar refractivity (Wildman–Crippen MR) is 76.0 cm³/mol. The van der Waals surface area contributed by atoms with Crippen molar-refractivity contribution in [2.45, 2.75) is 39.3 Å². The van der Waals surface area contributed by atoms with Crippen molar-refractivity contribution in [2.24, 2.45) is 5.92 Å². The molecule has 0 radical (unpaired) electrons. The maximum absolute atomic E-state index is 9.88. The van der Waals surface area contributed by atoms with Crippen LogP contribution in [0.25, 0.3) is 0 Å². The smallest absolute Gasteiger partial charge is 0.182 e. The van der Waals surface area contributed by atoms with Gasteiger partial charge in [0.25, 0.3) is 0 Å². The highest BCUT2D eigenvalue weighted by atomic mass is 32.1. The Balaban J connectivity index is 1.84. The molecule has 0 saturated carbocycles. The number of thiazole rings is 1. The fraction of sp³-hybridized carbons (Fsp3) is 0.769. The molecule has 1 aromatic rings. The number of aliphatic hydroxyl groups is 1. The molecule has 5 heteroatoms. The zero-order valence-corrected chi connectivity index (χ0v) is 12.0. The molecule has 0 amide bonds. The van der Waals surface area contributed by atoms with Crippen molar-refractivity contribution in [3.8, 4) is 0 Å². The van der Waals surface area contributed by atoms with E-state index in [1.807, 2.05) is 6.20 Å². The van der Waals surface area contributed by atoms with E-state index in [0.29, 0.717) is 5.92 Å². The van der Waals surface area contributed by atoms with E-state index in [2.05, 4.69) is 29.0 Å². The van der Waals surface area contributed by atoms with Gasteiger partial charge >= 0.3 is 0 Å². The van der Waals surface area contributed by atoms with Crippen LogP contribution in [-0.2, 0) is 6.54 Å². The van der Waals surface area contributed by atoms with Crippen molar-refractivity contribution < 1.29 is 5.11 Å². The minimum Gasteiger partial charge on any atom is -0.392 e. The van der Waals surface area contributed by atoms with Gasteiger partial charge in [0.1, 0.15) is 0 Å². The molecule has 2 unspecified atom stereocenters. The second-order valence-corrected chi connectivity index (χ2v) is 6.24. The summed E-state index contributed by atoms with van der Waals surface area (Å²) in [5, 5.41) is 14.2. The second kappa shape index (κ2) is 6.50. The number of nitrogens with one attached hydrogen (secondary N) is 1. The normalized spacial score (nSPS) is 25.3. The lowest BCUT2D eigenvalue weighted by atomic mass is 9.96. The number of anilines is 1. The molecule has 2 heterocycles. The fourth-order valence-electron chi connectivity index (χ4n) is 2.17. The van der Waals surface area contributed by atoms with Crippen LogP contribution in [0.2, 0.25) is 0 Å². The molecule has 102 valence electrons. The fourth-order valence-corrected chi connectivity index (χ4v) is 3.05. The third-order valence-electron chi connectivity index (χ3n) is 3.46. The van der Waals surface area contributed by atoms with E-state index < -0.39 is 0 Å². The van der Waals surface area contributed by atoms with E-state index in [1.54, 1.807) is 11.3 Å². The molecule has 1 fully saturated rings. The van der Waals surface area contributed by atoms with Crippen LogP contribution in [-0.4, -0.2) is 40.7 Å². The Labute approximate surface area is 113 Å². The topological polar surface area (TPSA) is 48.4 Å². The van der Waals surface area contributed by atoms with Gasteiger partial charge in [-0.1, -0.05) is 13.8 Å². The first kappa shape index (κ1) is 13.8. The summed E-state index contributed by atoms with van der Waals surface area (Å²) < 4.78 is 0. The quantitative estimate of drug-likeness (QED) is 0.860. The maximum atomic E-state index is 9.88. The maximum Gasteiger partial charge on any atom is 0.182 e. The Morgan fingerprint density at radius 1 is 1.61 bits per heavy atom. The van der Waals surface area contributed by atoms with Crippen LogP contribution in [0, 0.1) is 5.92 Å². The van der Waals surface area contributed by atoms with E-state index in [9.17, 15) is 5.11 Å². The van der Waals surface area contributed by atoms with Gasteiger partial charge in [0.2, 0.25) is 0 Å². The highest BCUT2D eigenvalue weighted by Gasteiger charge is 2.24. The molecule has 1 aliphatic heterocycles. The molecule has 1 saturated heterocycles. The number of hydrogen-bond acceptors (Lipinski definition) is 5. The number of likely N-dealkylation sites (tertiary alicyclic amines) is 1. The Kier molecular flexibility index (Phi) is 4.97. The van der Waals surface area contributed by atoms with E-state index in [-0.39, 0.29) is 6.10 Å². The molecule has 1 aromatic heterocycles. The summed E-state index contributed by atoms with van der Waals surface area (Å²) >= 11 is 1.72. The molecule has 2 rings (SSSR count). The lowest BCUT2D eigenvalue weighted by Crippen LogP contribution is -2.42. The molecule has 18 heavy (non-hydrogen) atoms. The molecular formula is C13H23N3OS. The second-order valence-electron chi connectivity index (χ2n) is 5.13.